The van der Waals surface area contributed by atoms with Gasteiger partial charge in [-0.3, -0.25) is 15.0 Å². The summed E-state index contributed by atoms with van der Waals surface area (Å²) in [5, 5.41) is 0.413. The number of amides is 1. The predicted molar refractivity (Wildman–Crippen MR) is 88.1 cm³/mol. The van der Waals surface area contributed by atoms with E-state index in [2.05, 4.69) is 10.4 Å². The Morgan fingerprint density at radius 3 is 2.58 bits per heavy atom. The third kappa shape index (κ3) is 2.46. The summed E-state index contributed by atoms with van der Waals surface area (Å²) in [6.45, 7) is 0. The molecule has 6 heteroatoms. The molecule has 0 radical (unpaired) electrons. The number of carbonyl (C=O) groups excluding carboxylic acids is 1. The van der Waals surface area contributed by atoms with Gasteiger partial charge in [0.1, 0.15) is 11.6 Å². The van der Waals surface area contributed by atoms with E-state index in [9.17, 15) is 14.0 Å². The average Bonchev–Trinajstić information content (AvgIpc) is 3.42. The Hall–Kier alpha value is -3.02. The van der Waals surface area contributed by atoms with Crippen LogP contribution in [0.1, 0.15) is 34.9 Å². The number of halogens is 1. The first-order valence-electron chi connectivity index (χ1n) is 7.73. The molecule has 0 spiro atoms. The summed E-state index contributed by atoms with van der Waals surface area (Å²) in [5.41, 5.74) is 2.64. The molecule has 1 fully saturated rings. The molecule has 2 aromatic carbocycles. The number of rotatable bonds is 3. The summed E-state index contributed by atoms with van der Waals surface area (Å²) in [5.74, 6) is -0.648. The molecule has 1 N–H and O–H groups in total. The third-order valence-corrected chi connectivity index (χ3v) is 4.08. The van der Waals surface area contributed by atoms with E-state index in [1.807, 2.05) is 6.07 Å². The van der Waals surface area contributed by atoms with Gasteiger partial charge in [-0.15, -0.1) is 0 Å². The summed E-state index contributed by atoms with van der Waals surface area (Å²) in [6, 6.07) is 12.6. The van der Waals surface area contributed by atoms with Crippen molar-refractivity contribution in [3.63, 3.8) is 0 Å². The monoisotopic (exact) mass is 323 g/mol. The maximum Gasteiger partial charge on any atom is 0.280 e. The van der Waals surface area contributed by atoms with Crippen LogP contribution in [0.25, 0.3) is 10.9 Å². The predicted octanol–water partition coefficient (Wildman–Crippen LogP) is 2.80. The van der Waals surface area contributed by atoms with Crippen molar-refractivity contribution >= 4 is 16.8 Å². The number of fused-ring (bicyclic) bond motifs is 1. The highest BCUT2D eigenvalue weighted by Gasteiger charge is 2.30. The minimum atomic E-state index is -0.672. The number of hydrogen-bond acceptors (Lipinski definition) is 3. The highest BCUT2D eigenvalue weighted by atomic mass is 19.1. The Kier molecular flexibility index (Phi) is 3.37. The van der Waals surface area contributed by atoms with Crippen molar-refractivity contribution in [3.05, 3.63) is 76.1 Å². The normalized spacial score (nSPS) is 13.9. The SMILES string of the molecule is O=C(Nn1c(C2CC2)nc2ccccc2c1=O)c1ccccc1F. The fourth-order valence-electron chi connectivity index (χ4n) is 2.68. The average molecular weight is 323 g/mol. The van der Waals surface area contributed by atoms with E-state index in [1.54, 1.807) is 24.3 Å². The lowest BCUT2D eigenvalue weighted by Crippen LogP contribution is -2.36. The molecule has 0 saturated heterocycles. The van der Waals surface area contributed by atoms with Crippen LogP contribution in [0.2, 0.25) is 0 Å². The molecule has 3 aromatic rings. The van der Waals surface area contributed by atoms with Crippen LogP contribution in [0.3, 0.4) is 0 Å². The van der Waals surface area contributed by atoms with Gasteiger partial charge in [0.2, 0.25) is 0 Å². The molecule has 1 aliphatic carbocycles. The molecule has 1 amide bonds. The molecule has 0 aliphatic heterocycles. The number of benzene rings is 2. The van der Waals surface area contributed by atoms with Crippen LogP contribution in [0.4, 0.5) is 4.39 Å². The molecule has 1 aromatic heterocycles. The highest BCUT2D eigenvalue weighted by Crippen LogP contribution is 2.38. The van der Waals surface area contributed by atoms with Gasteiger partial charge in [-0.2, -0.15) is 0 Å². The van der Waals surface area contributed by atoms with E-state index >= 15 is 0 Å². The second kappa shape index (κ2) is 5.56. The first kappa shape index (κ1) is 14.6. The van der Waals surface area contributed by atoms with Crippen LogP contribution < -0.4 is 11.0 Å². The van der Waals surface area contributed by atoms with Crippen LogP contribution in [0.15, 0.2) is 53.3 Å². The molecule has 5 nitrogen and oxygen atoms in total. The third-order valence-electron chi connectivity index (χ3n) is 4.08. The summed E-state index contributed by atoms with van der Waals surface area (Å²) >= 11 is 0. The molecule has 24 heavy (non-hydrogen) atoms. The molecule has 0 bridgehead atoms. The lowest BCUT2D eigenvalue weighted by Gasteiger charge is -2.14. The number of hydrogen-bond donors (Lipinski definition) is 1. The molecule has 1 aliphatic rings. The Bertz CT molecular complexity index is 1010. The van der Waals surface area contributed by atoms with Crippen molar-refractivity contribution in [2.45, 2.75) is 18.8 Å². The van der Waals surface area contributed by atoms with E-state index in [-0.39, 0.29) is 17.0 Å². The lowest BCUT2D eigenvalue weighted by atomic mass is 10.2. The Balaban J connectivity index is 1.82. The Morgan fingerprint density at radius 1 is 1.12 bits per heavy atom. The van der Waals surface area contributed by atoms with E-state index in [0.29, 0.717) is 16.7 Å². The Labute approximate surface area is 136 Å². The minimum absolute atomic E-state index is 0.112. The zero-order valence-corrected chi connectivity index (χ0v) is 12.7. The van der Waals surface area contributed by atoms with Gasteiger partial charge in [0, 0.05) is 5.92 Å². The van der Waals surface area contributed by atoms with Crippen LogP contribution in [0.5, 0.6) is 0 Å². The first-order valence-corrected chi connectivity index (χ1v) is 7.73. The number of para-hydroxylation sites is 1. The zero-order valence-electron chi connectivity index (χ0n) is 12.7. The highest BCUT2D eigenvalue weighted by molar-refractivity contribution is 6.00. The second-order valence-electron chi connectivity index (χ2n) is 5.82. The molecule has 120 valence electrons. The smallest absolute Gasteiger partial charge is 0.267 e. The number of carbonyl (C=O) groups is 1. The summed E-state index contributed by atoms with van der Waals surface area (Å²) in [6.07, 6.45) is 1.83. The van der Waals surface area contributed by atoms with E-state index < -0.39 is 11.7 Å². The van der Waals surface area contributed by atoms with Crippen molar-refractivity contribution < 1.29 is 9.18 Å². The van der Waals surface area contributed by atoms with Gasteiger partial charge < -0.3 is 0 Å². The van der Waals surface area contributed by atoms with Crippen molar-refractivity contribution in [1.82, 2.24) is 9.66 Å². The van der Waals surface area contributed by atoms with Gasteiger partial charge in [0.15, 0.2) is 0 Å². The van der Waals surface area contributed by atoms with Gasteiger partial charge >= 0.3 is 0 Å². The first-order chi connectivity index (χ1) is 11.6. The maximum absolute atomic E-state index is 13.8. The topological polar surface area (TPSA) is 64.0 Å². The van der Waals surface area contributed by atoms with Gasteiger partial charge in [-0.25, -0.2) is 14.1 Å². The minimum Gasteiger partial charge on any atom is -0.267 e. The van der Waals surface area contributed by atoms with Crippen LogP contribution in [0, 0.1) is 5.82 Å². The van der Waals surface area contributed by atoms with Crippen molar-refractivity contribution in [2.24, 2.45) is 0 Å². The van der Waals surface area contributed by atoms with Crippen LogP contribution in [-0.2, 0) is 0 Å². The molecule has 1 heterocycles. The quantitative estimate of drug-likeness (QED) is 0.806. The Morgan fingerprint density at radius 2 is 1.83 bits per heavy atom. The van der Waals surface area contributed by atoms with Crippen LogP contribution in [-0.4, -0.2) is 15.6 Å². The number of nitrogens with zero attached hydrogens (tertiary/aromatic N) is 2. The molecule has 0 atom stereocenters. The molecule has 4 rings (SSSR count). The van der Waals surface area contributed by atoms with E-state index in [4.69, 9.17) is 0 Å². The van der Waals surface area contributed by atoms with Crippen molar-refractivity contribution in [3.8, 4) is 0 Å². The molecule has 1 saturated carbocycles. The van der Waals surface area contributed by atoms with Crippen molar-refractivity contribution in [1.29, 1.82) is 0 Å². The molecular formula is C18H14FN3O2. The summed E-state index contributed by atoms with van der Waals surface area (Å²) in [4.78, 5) is 29.6. The number of nitrogens with one attached hydrogen (secondary N) is 1. The fourth-order valence-corrected chi connectivity index (χ4v) is 2.68. The van der Waals surface area contributed by atoms with Crippen molar-refractivity contribution in [2.75, 3.05) is 5.43 Å². The van der Waals surface area contributed by atoms with Gasteiger partial charge in [-0.1, -0.05) is 24.3 Å². The van der Waals surface area contributed by atoms with E-state index in [0.717, 1.165) is 17.5 Å². The second-order valence-corrected chi connectivity index (χ2v) is 5.82. The fraction of sp³-hybridized carbons (Fsp3) is 0.167. The van der Waals surface area contributed by atoms with E-state index in [1.165, 1.54) is 18.2 Å². The van der Waals surface area contributed by atoms with Gasteiger partial charge in [-0.05, 0) is 37.1 Å². The maximum atomic E-state index is 13.8. The summed E-state index contributed by atoms with van der Waals surface area (Å²) < 4.78 is 15.0. The standard InChI is InChI=1S/C18H14FN3O2/c19-14-7-3-1-5-12(14)17(23)21-22-16(11-9-10-11)20-15-8-4-2-6-13(15)18(22)24/h1-8,11H,9-10H2,(H,21,23). The van der Waals surface area contributed by atoms with Gasteiger partial charge in [0.25, 0.3) is 11.5 Å². The van der Waals surface area contributed by atoms with Gasteiger partial charge in [0.05, 0.1) is 16.5 Å². The largest absolute Gasteiger partial charge is 0.280 e. The number of aromatic nitrogens is 2. The molecule has 0 unspecified atom stereocenters. The summed E-state index contributed by atoms with van der Waals surface area (Å²) in [7, 11) is 0. The lowest BCUT2D eigenvalue weighted by molar-refractivity contribution is 0.100. The van der Waals surface area contributed by atoms with Crippen LogP contribution >= 0.6 is 0 Å². The molecular weight excluding hydrogens is 309 g/mol. The zero-order chi connectivity index (χ0) is 16.7.